The third-order valence-electron chi connectivity index (χ3n) is 10.2. The molecule has 1 aromatic rings. The van der Waals surface area contributed by atoms with Gasteiger partial charge in [-0.15, -0.1) is 0 Å². The van der Waals surface area contributed by atoms with Gasteiger partial charge in [-0.3, -0.25) is 24.0 Å². The summed E-state index contributed by atoms with van der Waals surface area (Å²) in [5, 5.41) is 8.32. The molecule has 0 aromatic heterocycles. The minimum atomic E-state index is -2.91. The van der Waals surface area contributed by atoms with Crippen LogP contribution in [0, 0.1) is 11.7 Å². The number of amides is 6. The van der Waals surface area contributed by atoms with E-state index in [1.165, 1.54) is 15.9 Å². The Hall–Kier alpha value is -4.14. The molecule has 3 fully saturated rings. The number of ether oxygens (including phenoxy) is 1. The summed E-state index contributed by atoms with van der Waals surface area (Å²) in [5.41, 5.74) is -0.871. The van der Waals surface area contributed by atoms with Crippen LogP contribution in [0.15, 0.2) is 30.4 Å². The van der Waals surface area contributed by atoms with Gasteiger partial charge in [-0.25, -0.2) is 18.2 Å². The van der Waals surface area contributed by atoms with Crippen LogP contribution in [0.2, 0.25) is 0 Å². The summed E-state index contributed by atoms with van der Waals surface area (Å²) in [7, 11) is -2.91. The molecule has 5 aliphatic rings. The van der Waals surface area contributed by atoms with Crippen LogP contribution in [0.3, 0.4) is 0 Å². The number of nitrogens with zero attached hydrogens (tertiary/aromatic N) is 2. The van der Waals surface area contributed by atoms with E-state index in [0.717, 1.165) is 19.3 Å². The number of urea groups is 1. The van der Waals surface area contributed by atoms with Crippen molar-refractivity contribution in [1.82, 2.24) is 30.5 Å². The molecule has 0 radical (unpaired) electrons. The number of benzene rings is 1. The number of hydrogen-bond donors (Lipinski definition) is 4. The van der Waals surface area contributed by atoms with Crippen molar-refractivity contribution in [2.45, 2.75) is 126 Å². The second kappa shape index (κ2) is 14.1. The summed E-state index contributed by atoms with van der Waals surface area (Å²) in [6, 6.07) is 2.00. The predicted octanol–water partition coefficient (Wildman–Crippen LogP) is 3.02. The molecule has 13 nitrogen and oxygen atoms in total. The molecule has 2 unspecified atom stereocenters. The number of fused-ring (bicyclic) bond motifs is 3. The lowest BCUT2D eigenvalue weighted by molar-refractivity contribution is -0.141. The van der Waals surface area contributed by atoms with E-state index < -0.39 is 74.6 Å². The van der Waals surface area contributed by atoms with Gasteiger partial charge in [0.05, 0.1) is 22.8 Å². The Labute approximate surface area is 298 Å². The summed E-state index contributed by atoms with van der Waals surface area (Å²) >= 11 is 0. The Balaban J connectivity index is 1.25. The molecule has 1 aromatic carbocycles. The van der Waals surface area contributed by atoms with Gasteiger partial charge in [-0.05, 0) is 76.8 Å². The largest absolute Gasteiger partial charge is 0.444 e. The van der Waals surface area contributed by atoms with Gasteiger partial charge in [-0.1, -0.05) is 37.1 Å². The van der Waals surface area contributed by atoms with Crippen molar-refractivity contribution in [2.75, 3.05) is 6.54 Å². The lowest BCUT2D eigenvalue weighted by Crippen LogP contribution is -2.59. The van der Waals surface area contributed by atoms with Gasteiger partial charge < -0.3 is 25.6 Å². The van der Waals surface area contributed by atoms with E-state index in [2.05, 4.69) is 26.5 Å². The first-order chi connectivity index (χ1) is 24.1. The topological polar surface area (TPSA) is 166 Å². The van der Waals surface area contributed by atoms with Gasteiger partial charge in [0.1, 0.15) is 29.5 Å². The highest BCUT2D eigenvalue weighted by Crippen LogP contribution is 2.46. The molecule has 6 amide bonds. The van der Waals surface area contributed by atoms with Crippen LogP contribution < -0.4 is 20.7 Å². The van der Waals surface area contributed by atoms with Gasteiger partial charge >= 0.3 is 12.1 Å². The van der Waals surface area contributed by atoms with Crippen LogP contribution in [0.1, 0.15) is 89.7 Å². The molecule has 3 heterocycles. The summed E-state index contributed by atoms with van der Waals surface area (Å²) in [6.45, 7) is 5.51. The maximum absolute atomic E-state index is 14.4. The Morgan fingerprint density at radius 2 is 1.86 bits per heavy atom. The maximum Gasteiger partial charge on any atom is 0.410 e. The highest BCUT2D eigenvalue weighted by molar-refractivity contribution is 7.99. The zero-order valence-corrected chi connectivity index (χ0v) is 30.3. The van der Waals surface area contributed by atoms with Gasteiger partial charge in [0, 0.05) is 35.2 Å². The van der Waals surface area contributed by atoms with Crippen molar-refractivity contribution in [1.29, 1.82) is 0 Å². The van der Waals surface area contributed by atoms with E-state index in [-0.39, 0.29) is 43.6 Å². The highest BCUT2D eigenvalue weighted by Gasteiger charge is 2.61. The molecule has 2 aliphatic carbocycles. The summed E-state index contributed by atoms with van der Waals surface area (Å²) in [6.07, 6.45) is 7.15. The van der Waals surface area contributed by atoms with E-state index in [9.17, 15) is 32.6 Å². The normalized spacial score (nSPS) is 29.9. The molecule has 51 heavy (non-hydrogen) atoms. The highest BCUT2D eigenvalue weighted by atomic mass is 32.2. The molecule has 0 bridgehead atoms. The molecular weight excluding hydrogens is 679 g/mol. The predicted molar refractivity (Wildman–Crippen MR) is 189 cm³/mol. The van der Waals surface area contributed by atoms with Gasteiger partial charge in [0.15, 0.2) is 0 Å². The zero-order chi connectivity index (χ0) is 36.7. The van der Waals surface area contributed by atoms with Crippen LogP contribution in [0.4, 0.5) is 14.0 Å². The van der Waals surface area contributed by atoms with E-state index in [1.54, 1.807) is 12.1 Å². The minimum Gasteiger partial charge on any atom is -0.444 e. The fraction of sp³-hybridized carbons (Fsp3) is 0.611. The van der Waals surface area contributed by atoms with Crippen molar-refractivity contribution >= 4 is 45.4 Å². The van der Waals surface area contributed by atoms with E-state index in [0.29, 0.717) is 36.8 Å². The first-order valence-electron chi connectivity index (χ1n) is 17.8. The summed E-state index contributed by atoms with van der Waals surface area (Å²) < 4.78 is 36.1. The molecule has 0 spiro atoms. The monoisotopic (exact) mass is 728 g/mol. The van der Waals surface area contributed by atoms with Crippen molar-refractivity contribution in [2.24, 2.45) is 5.92 Å². The number of allylic oxidation sites excluding steroid dienone is 1. The van der Waals surface area contributed by atoms with Crippen molar-refractivity contribution < 1.29 is 37.3 Å². The summed E-state index contributed by atoms with van der Waals surface area (Å²) in [5.74, 6) is 1.29. The Morgan fingerprint density at radius 3 is 2.57 bits per heavy atom. The quantitative estimate of drug-likeness (QED) is 0.267. The minimum absolute atomic E-state index is 0.0257. The second-order valence-electron chi connectivity index (χ2n) is 15.6. The van der Waals surface area contributed by atoms with E-state index in [4.69, 9.17) is 4.74 Å². The number of carbonyl (C=O) groups is 5. The number of halogens is 1. The lowest BCUT2D eigenvalue weighted by Gasteiger charge is -2.30. The number of hydrogen-bond acceptors (Lipinski definition) is 7. The van der Waals surface area contributed by atoms with E-state index >= 15 is 0 Å². The van der Waals surface area contributed by atoms with Crippen molar-refractivity contribution in [3.63, 3.8) is 0 Å². The Morgan fingerprint density at radius 1 is 1.10 bits per heavy atom. The molecule has 1 saturated heterocycles. The van der Waals surface area contributed by atoms with Crippen molar-refractivity contribution in [3.8, 4) is 0 Å². The average Bonchev–Trinajstić information content (AvgIpc) is 3.93. The lowest BCUT2D eigenvalue weighted by atomic mass is 10.0. The molecule has 4 N–H and O–H groups in total. The summed E-state index contributed by atoms with van der Waals surface area (Å²) in [4.78, 5) is 71.4. The van der Waals surface area contributed by atoms with Crippen LogP contribution in [-0.4, -0.2) is 90.8 Å². The molecule has 2 saturated carbocycles. The number of nitrogens with one attached hydrogen (secondary N) is 4. The standard InChI is InChI=1S/C36H49FN6O7S/c1-35(2,3)40-33(47)38-28-14-9-7-5-6-8-12-23-18-36(23,32(46)41-51(4,49)25-15-16-25)39-30(44)29-17-24(20-43(29)31(28)45)50-34(48)42-19-22-11-10-13-27(37)26(22)21-42/h8,10-13,23-25,28-29H,4-7,9,14-21H2,1-3H3,(H,39,44)(H2,38,40,47)(H,41,46,49)/b12-8-/t23-,24-,28+,29?,36-,51?/m1/s1. The number of rotatable bonds is 5. The Bertz CT molecular complexity index is 1720. The zero-order valence-electron chi connectivity index (χ0n) is 29.5. The Kier molecular flexibility index (Phi) is 10.1. The fourth-order valence-corrected chi connectivity index (χ4v) is 8.77. The molecular formula is C36H49FN6O7S. The van der Waals surface area contributed by atoms with E-state index in [1.807, 2.05) is 32.9 Å². The van der Waals surface area contributed by atoms with Crippen molar-refractivity contribution in [3.05, 3.63) is 47.3 Å². The molecule has 6 atom stereocenters. The van der Waals surface area contributed by atoms with Gasteiger partial charge in [0.2, 0.25) is 11.8 Å². The van der Waals surface area contributed by atoms with Crippen LogP contribution in [-0.2, 0) is 41.9 Å². The molecule has 278 valence electrons. The molecule has 6 rings (SSSR count). The van der Waals surface area contributed by atoms with Crippen LogP contribution in [0.25, 0.3) is 0 Å². The average molecular weight is 729 g/mol. The second-order valence-corrected chi connectivity index (χ2v) is 17.9. The van der Waals surface area contributed by atoms with Crippen LogP contribution in [0.5, 0.6) is 0 Å². The first kappa shape index (κ1) is 36.6. The SMILES string of the molecule is C=S(=O)(NC(=O)[C@@]12C[C@H]1/C=C\CCCCC[C@H](NC(=O)NC(C)(C)C)C(=O)N1C[C@H](OC(=O)N3Cc4cccc(F)c4C3)CC1C(=O)N2)C1CC1. The first-order valence-corrected chi connectivity index (χ1v) is 19.6. The third kappa shape index (κ3) is 8.34. The molecule has 3 aliphatic heterocycles. The number of carbonyl (C=O) groups excluding carboxylic acids is 5. The van der Waals surface area contributed by atoms with Gasteiger partial charge in [0.25, 0.3) is 5.91 Å². The maximum atomic E-state index is 14.4. The smallest absolute Gasteiger partial charge is 0.410 e. The van der Waals surface area contributed by atoms with Crippen LogP contribution >= 0.6 is 0 Å². The fourth-order valence-electron chi connectivity index (χ4n) is 7.21. The third-order valence-corrected chi connectivity index (χ3v) is 12.3. The van der Waals surface area contributed by atoms with Gasteiger partial charge in [-0.2, -0.15) is 0 Å². The molecule has 15 heteroatoms.